The summed E-state index contributed by atoms with van der Waals surface area (Å²) in [5.74, 6) is 2.91. The van der Waals surface area contributed by atoms with Crippen molar-refractivity contribution in [3.8, 4) is 12.0 Å². The van der Waals surface area contributed by atoms with Crippen LogP contribution in [-0.4, -0.2) is 30.6 Å². The molecule has 1 heterocycles. The molecule has 0 spiro atoms. The van der Waals surface area contributed by atoms with E-state index in [2.05, 4.69) is 16.9 Å². The smallest absolute Gasteiger partial charge is 0.309 e. The topological polar surface area (TPSA) is 29.5 Å². The summed E-state index contributed by atoms with van der Waals surface area (Å²) in [4.78, 5) is 13.5. The molecule has 1 rings (SSSR count). The molecule has 0 N–H and O–H groups in total. The molecule has 1 fully saturated rings. The van der Waals surface area contributed by atoms with Gasteiger partial charge in [-0.15, -0.1) is 0 Å². The Morgan fingerprint density at radius 2 is 2.14 bits per heavy atom. The van der Waals surface area contributed by atoms with Crippen LogP contribution in [0, 0.1) is 17.9 Å². The zero-order valence-corrected chi connectivity index (χ0v) is 8.88. The van der Waals surface area contributed by atoms with Crippen molar-refractivity contribution in [3.05, 3.63) is 0 Å². The third kappa shape index (κ3) is 2.95. The highest BCUT2D eigenvalue weighted by atomic mass is 16.5. The van der Waals surface area contributed by atoms with Crippen molar-refractivity contribution in [3.63, 3.8) is 0 Å². The second-order valence-corrected chi connectivity index (χ2v) is 3.38. The first kappa shape index (κ1) is 10.9. The normalized spacial score (nSPS) is 17.1. The summed E-state index contributed by atoms with van der Waals surface area (Å²) in [6.07, 6.45) is 1.74. The van der Waals surface area contributed by atoms with Gasteiger partial charge in [-0.1, -0.05) is 5.92 Å². The van der Waals surface area contributed by atoms with Crippen molar-refractivity contribution in [1.82, 2.24) is 4.90 Å². The summed E-state index contributed by atoms with van der Waals surface area (Å²) in [6.45, 7) is 5.91. The van der Waals surface area contributed by atoms with Gasteiger partial charge in [-0.05, 0) is 26.7 Å². The number of piperidine rings is 1. The largest absolute Gasteiger partial charge is 0.466 e. The number of likely N-dealkylation sites (tertiary alicyclic amines) is 1. The van der Waals surface area contributed by atoms with Crippen LogP contribution >= 0.6 is 0 Å². The molecule has 0 amide bonds. The first-order valence-corrected chi connectivity index (χ1v) is 5.12. The van der Waals surface area contributed by atoms with Crippen molar-refractivity contribution in [2.24, 2.45) is 5.92 Å². The fourth-order valence-electron chi connectivity index (χ4n) is 1.65. The molecule has 0 aliphatic carbocycles. The molecule has 0 aromatic carbocycles. The molecule has 3 heteroatoms. The van der Waals surface area contributed by atoms with Crippen molar-refractivity contribution in [2.45, 2.75) is 26.7 Å². The van der Waals surface area contributed by atoms with E-state index in [1.165, 1.54) is 0 Å². The van der Waals surface area contributed by atoms with Crippen molar-refractivity contribution in [2.75, 3.05) is 19.7 Å². The summed E-state index contributed by atoms with van der Waals surface area (Å²) in [6, 6.07) is 3.01. The molecule has 3 nitrogen and oxygen atoms in total. The van der Waals surface area contributed by atoms with Gasteiger partial charge in [0.25, 0.3) is 0 Å². The molecular formula is C11H17NO2. The second-order valence-electron chi connectivity index (χ2n) is 3.38. The maximum absolute atomic E-state index is 11.4. The van der Waals surface area contributed by atoms with E-state index in [1.54, 1.807) is 0 Å². The van der Waals surface area contributed by atoms with E-state index in [4.69, 9.17) is 4.74 Å². The number of hydrogen-bond donors (Lipinski definition) is 0. The zero-order chi connectivity index (χ0) is 10.4. The third-order valence-electron chi connectivity index (χ3n) is 2.38. The van der Waals surface area contributed by atoms with Gasteiger partial charge < -0.3 is 9.64 Å². The van der Waals surface area contributed by atoms with Gasteiger partial charge in [0.05, 0.1) is 12.5 Å². The lowest BCUT2D eigenvalue weighted by Gasteiger charge is -2.27. The third-order valence-corrected chi connectivity index (χ3v) is 2.38. The summed E-state index contributed by atoms with van der Waals surface area (Å²) < 4.78 is 4.98. The molecule has 1 aliphatic rings. The molecule has 0 unspecified atom stereocenters. The van der Waals surface area contributed by atoms with Gasteiger partial charge in [0, 0.05) is 19.1 Å². The summed E-state index contributed by atoms with van der Waals surface area (Å²) in [5.41, 5.74) is 0. The Morgan fingerprint density at radius 3 is 2.64 bits per heavy atom. The molecule has 0 aromatic rings. The van der Waals surface area contributed by atoms with Crippen LogP contribution in [0.2, 0.25) is 0 Å². The first-order chi connectivity index (χ1) is 6.77. The average molecular weight is 195 g/mol. The lowest BCUT2D eigenvalue weighted by atomic mass is 9.97. The number of nitrogens with zero attached hydrogens (tertiary/aromatic N) is 1. The van der Waals surface area contributed by atoms with Gasteiger partial charge in [0.15, 0.2) is 0 Å². The summed E-state index contributed by atoms with van der Waals surface area (Å²) >= 11 is 0. The Balaban J connectivity index is 2.34. The van der Waals surface area contributed by atoms with Crippen LogP contribution in [0.1, 0.15) is 26.7 Å². The molecular weight excluding hydrogens is 178 g/mol. The van der Waals surface area contributed by atoms with Gasteiger partial charge >= 0.3 is 5.97 Å². The minimum atomic E-state index is -0.0448. The highest BCUT2D eigenvalue weighted by Crippen LogP contribution is 2.17. The molecule has 0 saturated carbocycles. The van der Waals surface area contributed by atoms with Gasteiger partial charge in [-0.3, -0.25) is 4.79 Å². The van der Waals surface area contributed by atoms with Crippen LogP contribution in [-0.2, 0) is 9.53 Å². The fraction of sp³-hybridized carbons (Fsp3) is 0.727. The fourth-order valence-corrected chi connectivity index (χ4v) is 1.65. The predicted molar refractivity (Wildman–Crippen MR) is 54.4 cm³/mol. The first-order valence-electron chi connectivity index (χ1n) is 5.12. The number of hydrogen-bond acceptors (Lipinski definition) is 3. The van der Waals surface area contributed by atoms with E-state index in [-0.39, 0.29) is 11.9 Å². The van der Waals surface area contributed by atoms with Crippen LogP contribution in [0.3, 0.4) is 0 Å². The Kier molecular flexibility index (Phi) is 4.31. The van der Waals surface area contributed by atoms with Gasteiger partial charge in [-0.25, -0.2) is 0 Å². The van der Waals surface area contributed by atoms with E-state index in [1.807, 2.05) is 13.8 Å². The lowest BCUT2D eigenvalue weighted by molar-refractivity contribution is -0.149. The maximum atomic E-state index is 11.4. The monoisotopic (exact) mass is 195 g/mol. The SMILES string of the molecule is CC#CN1CCC(C(=O)OCC)CC1. The number of rotatable bonds is 2. The Labute approximate surface area is 85.4 Å². The predicted octanol–water partition coefficient (Wildman–Crippen LogP) is 1.24. The van der Waals surface area contributed by atoms with E-state index in [9.17, 15) is 4.79 Å². The van der Waals surface area contributed by atoms with E-state index in [0.717, 1.165) is 25.9 Å². The second kappa shape index (κ2) is 5.54. The van der Waals surface area contributed by atoms with E-state index in [0.29, 0.717) is 6.61 Å². The zero-order valence-electron chi connectivity index (χ0n) is 8.88. The molecule has 1 saturated heterocycles. The molecule has 0 bridgehead atoms. The van der Waals surface area contributed by atoms with Crippen LogP contribution in [0.5, 0.6) is 0 Å². The Morgan fingerprint density at radius 1 is 1.50 bits per heavy atom. The van der Waals surface area contributed by atoms with Crippen LogP contribution in [0.4, 0.5) is 0 Å². The molecule has 78 valence electrons. The van der Waals surface area contributed by atoms with Crippen molar-refractivity contribution >= 4 is 5.97 Å². The van der Waals surface area contributed by atoms with Crippen LogP contribution in [0.25, 0.3) is 0 Å². The highest BCUT2D eigenvalue weighted by Gasteiger charge is 2.24. The molecule has 0 radical (unpaired) electrons. The molecule has 0 atom stereocenters. The number of carbonyl (C=O) groups is 1. The quantitative estimate of drug-likeness (QED) is 0.490. The Hall–Kier alpha value is -1.17. The molecule has 1 aliphatic heterocycles. The molecule has 14 heavy (non-hydrogen) atoms. The lowest BCUT2D eigenvalue weighted by Crippen LogP contribution is -2.34. The number of ether oxygens (including phenoxy) is 1. The standard InChI is InChI=1S/C11H17NO2/c1-3-7-12-8-5-10(6-9-12)11(13)14-4-2/h10H,4-6,8-9H2,1-2H3. The maximum Gasteiger partial charge on any atom is 0.309 e. The average Bonchev–Trinajstić information content (AvgIpc) is 2.20. The van der Waals surface area contributed by atoms with Crippen molar-refractivity contribution in [1.29, 1.82) is 0 Å². The highest BCUT2D eigenvalue weighted by molar-refractivity contribution is 5.72. The van der Waals surface area contributed by atoms with Gasteiger partial charge in [-0.2, -0.15) is 0 Å². The minimum absolute atomic E-state index is 0.0448. The summed E-state index contributed by atoms with van der Waals surface area (Å²) in [7, 11) is 0. The van der Waals surface area contributed by atoms with Crippen LogP contribution < -0.4 is 0 Å². The van der Waals surface area contributed by atoms with Gasteiger partial charge in [0.1, 0.15) is 0 Å². The van der Waals surface area contributed by atoms with E-state index < -0.39 is 0 Å². The number of esters is 1. The van der Waals surface area contributed by atoms with E-state index >= 15 is 0 Å². The minimum Gasteiger partial charge on any atom is -0.466 e. The van der Waals surface area contributed by atoms with Gasteiger partial charge in [0.2, 0.25) is 0 Å². The summed E-state index contributed by atoms with van der Waals surface area (Å²) in [5, 5.41) is 0. The van der Waals surface area contributed by atoms with Crippen LogP contribution in [0.15, 0.2) is 0 Å². The van der Waals surface area contributed by atoms with Crippen molar-refractivity contribution < 1.29 is 9.53 Å². The Bertz CT molecular complexity index is 244. The molecule has 0 aromatic heterocycles. The number of carbonyl (C=O) groups excluding carboxylic acids is 1.